The van der Waals surface area contributed by atoms with Gasteiger partial charge in [0.25, 0.3) is 5.91 Å². The maximum Gasteiger partial charge on any atom is 0.265 e. The molecular weight excluding hydrogens is 428 g/mol. The zero-order valence-electron chi connectivity index (χ0n) is 14.9. The zero-order chi connectivity index (χ0) is 20.7. The number of aryl methyl sites for hydroxylation is 1. The lowest BCUT2D eigenvalue weighted by molar-refractivity contribution is 0.0992. The van der Waals surface area contributed by atoms with Gasteiger partial charge in [-0.05, 0) is 24.3 Å². The molecule has 0 radical (unpaired) electrons. The molecule has 0 aliphatic carbocycles. The normalized spacial score (nSPS) is 16.9. The molecule has 1 aromatic carbocycles. The summed E-state index contributed by atoms with van der Waals surface area (Å²) >= 11 is 5.87. The van der Waals surface area contributed by atoms with Crippen molar-refractivity contribution < 1.29 is 21.6 Å². The summed E-state index contributed by atoms with van der Waals surface area (Å²) in [5.41, 5.74) is 5.30. The van der Waals surface area contributed by atoms with Gasteiger partial charge in [0.15, 0.2) is 0 Å². The van der Waals surface area contributed by atoms with Gasteiger partial charge in [-0.15, -0.1) is 0 Å². The first kappa shape index (κ1) is 20.8. The van der Waals surface area contributed by atoms with Gasteiger partial charge in [-0.2, -0.15) is 8.61 Å². The summed E-state index contributed by atoms with van der Waals surface area (Å²) in [5.74, 6) is -0.735. The molecule has 1 saturated heterocycles. The van der Waals surface area contributed by atoms with Crippen molar-refractivity contribution >= 4 is 37.6 Å². The predicted octanol–water partition coefficient (Wildman–Crippen LogP) is 0.473. The van der Waals surface area contributed by atoms with Crippen LogP contribution in [0, 0.1) is 0 Å². The van der Waals surface area contributed by atoms with Crippen LogP contribution in [-0.4, -0.2) is 62.1 Å². The third kappa shape index (κ3) is 3.80. The SMILES string of the molecule is Cn1cc(S(=O)(=O)N2CCN(S(=O)(=O)c3cccc(Cl)c3)CC2)cc1C(N)=O. The van der Waals surface area contributed by atoms with E-state index in [1.807, 2.05) is 0 Å². The molecule has 152 valence electrons. The monoisotopic (exact) mass is 446 g/mol. The average Bonchev–Trinajstić information content (AvgIpc) is 3.05. The van der Waals surface area contributed by atoms with Crippen molar-refractivity contribution in [1.82, 2.24) is 13.2 Å². The molecule has 0 saturated carbocycles. The van der Waals surface area contributed by atoms with Gasteiger partial charge in [0, 0.05) is 44.4 Å². The number of aromatic nitrogens is 1. The summed E-state index contributed by atoms with van der Waals surface area (Å²) in [5, 5.41) is 0.302. The molecule has 0 spiro atoms. The Bertz CT molecular complexity index is 1120. The van der Waals surface area contributed by atoms with Crippen LogP contribution in [0.25, 0.3) is 0 Å². The van der Waals surface area contributed by atoms with E-state index in [-0.39, 0.29) is 41.7 Å². The van der Waals surface area contributed by atoms with Crippen LogP contribution in [0.1, 0.15) is 10.5 Å². The van der Waals surface area contributed by atoms with E-state index in [1.165, 1.54) is 44.6 Å². The molecule has 28 heavy (non-hydrogen) atoms. The first-order valence-electron chi connectivity index (χ1n) is 8.25. The van der Waals surface area contributed by atoms with E-state index >= 15 is 0 Å². The molecule has 1 fully saturated rings. The molecule has 0 atom stereocenters. The van der Waals surface area contributed by atoms with Crippen molar-refractivity contribution in [3.05, 3.63) is 47.2 Å². The lowest BCUT2D eigenvalue weighted by Crippen LogP contribution is -2.50. The molecule has 2 heterocycles. The number of carbonyl (C=O) groups is 1. The number of primary amides is 1. The highest BCUT2D eigenvalue weighted by molar-refractivity contribution is 7.89. The van der Waals surface area contributed by atoms with E-state index in [0.29, 0.717) is 5.02 Å². The maximum atomic E-state index is 12.8. The number of sulfonamides is 2. The van der Waals surface area contributed by atoms with E-state index in [9.17, 15) is 21.6 Å². The van der Waals surface area contributed by atoms with Crippen molar-refractivity contribution in [3.8, 4) is 0 Å². The highest BCUT2D eigenvalue weighted by Crippen LogP contribution is 2.24. The second kappa shape index (κ2) is 7.48. The van der Waals surface area contributed by atoms with Gasteiger partial charge in [-0.25, -0.2) is 16.8 Å². The second-order valence-corrected chi connectivity index (χ2v) is 10.6. The maximum absolute atomic E-state index is 12.8. The Morgan fingerprint density at radius 1 is 0.964 bits per heavy atom. The van der Waals surface area contributed by atoms with Crippen molar-refractivity contribution in [3.63, 3.8) is 0 Å². The van der Waals surface area contributed by atoms with Gasteiger partial charge in [0.2, 0.25) is 20.0 Å². The smallest absolute Gasteiger partial charge is 0.265 e. The number of nitrogens with zero attached hydrogens (tertiary/aromatic N) is 3. The number of hydrogen-bond acceptors (Lipinski definition) is 5. The molecule has 3 rings (SSSR count). The summed E-state index contributed by atoms with van der Waals surface area (Å²) in [7, 11) is -6.12. The van der Waals surface area contributed by atoms with Crippen molar-refractivity contribution in [2.45, 2.75) is 9.79 Å². The van der Waals surface area contributed by atoms with E-state index < -0.39 is 26.0 Å². The van der Waals surface area contributed by atoms with Gasteiger partial charge < -0.3 is 10.3 Å². The van der Waals surface area contributed by atoms with Crippen molar-refractivity contribution in [1.29, 1.82) is 0 Å². The van der Waals surface area contributed by atoms with Crippen LogP contribution >= 0.6 is 11.6 Å². The summed E-state index contributed by atoms with van der Waals surface area (Å²) in [4.78, 5) is 11.4. The summed E-state index contributed by atoms with van der Waals surface area (Å²) in [6, 6.07) is 7.13. The first-order valence-corrected chi connectivity index (χ1v) is 11.5. The van der Waals surface area contributed by atoms with Crippen LogP contribution in [0.15, 0.2) is 46.3 Å². The predicted molar refractivity (Wildman–Crippen MR) is 103 cm³/mol. The lowest BCUT2D eigenvalue weighted by atomic mass is 10.4. The molecule has 9 nitrogen and oxygen atoms in total. The molecule has 12 heteroatoms. The molecule has 2 N–H and O–H groups in total. The fourth-order valence-corrected chi connectivity index (χ4v) is 6.21. The molecule has 2 aromatic rings. The molecule has 1 aliphatic heterocycles. The van der Waals surface area contributed by atoms with Crippen LogP contribution in [0.4, 0.5) is 0 Å². The minimum Gasteiger partial charge on any atom is -0.364 e. The second-order valence-electron chi connectivity index (χ2n) is 6.30. The molecule has 1 aliphatic rings. The number of piperazine rings is 1. The Hall–Kier alpha value is -1.92. The fraction of sp³-hybridized carbons (Fsp3) is 0.312. The van der Waals surface area contributed by atoms with Crippen molar-refractivity contribution in [2.75, 3.05) is 26.2 Å². The number of hydrogen-bond donors (Lipinski definition) is 1. The topological polar surface area (TPSA) is 123 Å². The Balaban J connectivity index is 1.78. The number of amides is 1. The standard InChI is InChI=1S/C16H19ClN4O5S2/c1-19-11-14(10-15(19)16(18)22)28(25,26)21-7-5-20(6-8-21)27(23,24)13-4-2-3-12(17)9-13/h2-4,9-11H,5-8H2,1H3,(H2,18,22). The van der Waals surface area contributed by atoms with Gasteiger partial charge >= 0.3 is 0 Å². The summed E-state index contributed by atoms with van der Waals surface area (Å²) in [6.45, 7) is -0.0149. The van der Waals surface area contributed by atoms with Crippen LogP contribution in [-0.2, 0) is 27.1 Å². The largest absolute Gasteiger partial charge is 0.364 e. The lowest BCUT2D eigenvalue weighted by Gasteiger charge is -2.33. The number of benzene rings is 1. The van der Waals surface area contributed by atoms with Crippen LogP contribution < -0.4 is 5.73 Å². The van der Waals surface area contributed by atoms with Gasteiger partial charge in [-0.1, -0.05) is 17.7 Å². The molecular formula is C16H19ClN4O5S2. The molecule has 0 bridgehead atoms. The molecule has 1 aromatic heterocycles. The van der Waals surface area contributed by atoms with Crippen LogP contribution in [0.5, 0.6) is 0 Å². The molecule has 0 unspecified atom stereocenters. The first-order chi connectivity index (χ1) is 13.0. The number of rotatable bonds is 5. The minimum atomic E-state index is -3.88. The Morgan fingerprint density at radius 2 is 1.50 bits per heavy atom. The van der Waals surface area contributed by atoms with Crippen LogP contribution in [0.3, 0.4) is 0 Å². The Labute approximate surface area is 168 Å². The third-order valence-corrected chi connectivity index (χ3v) is 8.50. The third-order valence-electron chi connectivity index (χ3n) is 4.50. The average molecular weight is 447 g/mol. The minimum absolute atomic E-state index is 0.00356. The Kier molecular flexibility index (Phi) is 5.56. The highest BCUT2D eigenvalue weighted by Gasteiger charge is 2.34. The number of carbonyl (C=O) groups excluding carboxylic acids is 1. The highest BCUT2D eigenvalue weighted by atomic mass is 35.5. The van der Waals surface area contributed by atoms with E-state index in [2.05, 4.69) is 0 Å². The fourth-order valence-electron chi connectivity index (χ4n) is 3.00. The van der Waals surface area contributed by atoms with Crippen molar-refractivity contribution in [2.24, 2.45) is 12.8 Å². The van der Waals surface area contributed by atoms with Gasteiger partial charge in [0.05, 0.1) is 4.90 Å². The van der Waals surface area contributed by atoms with E-state index in [4.69, 9.17) is 17.3 Å². The zero-order valence-corrected chi connectivity index (χ0v) is 17.3. The van der Waals surface area contributed by atoms with E-state index in [0.717, 1.165) is 0 Å². The number of halogens is 1. The quantitative estimate of drug-likeness (QED) is 0.715. The van der Waals surface area contributed by atoms with E-state index in [1.54, 1.807) is 12.1 Å². The summed E-state index contributed by atoms with van der Waals surface area (Å²) < 4.78 is 54.9. The van der Waals surface area contributed by atoms with Crippen LogP contribution in [0.2, 0.25) is 5.02 Å². The Morgan fingerprint density at radius 3 is 1.96 bits per heavy atom. The van der Waals surface area contributed by atoms with Gasteiger partial charge in [0.1, 0.15) is 10.6 Å². The number of nitrogens with two attached hydrogens (primary N) is 1. The van der Waals surface area contributed by atoms with Gasteiger partial charge in [-0.3, -0.25) is 4.79 Å². The summed E-state index contributed by atoms with van der Waals surface area (Å²) in [6.07, 6.45) is 1.31. The molecule has 1 amide bonds.